The van der Waals surface area contributed by atoms with Gasteiger partial charge in [0.05, 0.1) is 29.2 Å². The zero-order chi connectivity index (χ0) is 13.6. The first-order chi connectivity index (χ1) is 9.06. The molecule has 1 fully saturated rings. The molecule has 1 aromatic heterocycles. The number of aliphatic carboxylic acids is 1. The summed E-state index contributed by atoms with van der Waals surface area (Å²) in [6, 6.07) is 5.45. The van der Waals surface area contributed by atoms with Gasteiger partial charge in [-0.25, -0.2) is 4.98 Å². The molecule has 2 atom stereocenters. The molecule has 98 valence electrons. The number of hydrogen-bond acceptors (Lipinski definition) is 3. The first-order valence-corrected chi connectivity index (χ1v) is 6.01. The molecule has 3 rings (SSSR count). The fourth-order valence-electron chi connectivity index (χ4n) is 2.21. The van der Waals surface area contributed by atoms with Crippen LogP contribution in [0.2, 0.25) is 0 Å². The average molecular weight is 259 g/mol. The van der Waals surface area contributed by atoms with Crippen LogP contribution in [-0.4, -0.2) is 26.5 Å². The van der Waals surface area contributed by atoms with Gasteiger partial charge in [-0.15, -0.1) is 0 Å². The lowest BCUT2D eigenvalue weighted by Gasteiger charge is -2.04. The molecular weight excluding hydrogens is 246 g/mol. The summed E-state index contributed by atoms with van der Waals surface area (Å²) >= 11 is 0. The minimum Gasteiger partial charge on any atom is -0.481 e. The summed E-state index contributed by atoms with van der Waals surface area (Å²) in [7, 11) is 1.90. The van der Waals surface area contributed by atoms with Crippen LogP contribution in [-0.2, 0) is 16.6 Å². The highest BCUT2D eigenvalue weighted by atomic mass is 16.4. The standard InChI is InChI=1S/C13H13N3O3/c1-16-6-14-10-4-7(2-3-11(10)16)15-12(17)8-5-9(8)13(18)19/h2-4,6,8-9H,5H2,1H3,(H,15,17)(H,18,19). The zero-order valence-corrected chi connectivity index (χ0v) is 10.3. The maximum absolute atomic E-state index is 11.8. The number of imidazole rings is 1. The van der Waals surface area contributed by atoms with E-state index < -0.39 is 17.8 Å². The third kappa shape index (κ3) is 2.05. The van der Waals surface area contributed by atoms with Crippen LogP contribution in [0.25, 0.3) is 11.0 Å². The predicted molar refractivity (Wildman–Crippen MR) is 68.6 cm³/mol. The molecule has 1 amide bonds. The lowest BCUT2D eigenvalue weighted by atomic mass is 10.2. The molecule has 1 saturated carbocycles. The van der Waals surface area contributed by atoms with E-state index in [9.17, 15) is 9.59 Å². The highest BCUT2D eigenvalue weighted by Crippen LogP contribution is 2.39. The molecule has 1 heterocycles. The van der Waals surface area contributed by atoms with Gasteiger partial charge in [-0.05, 0) is 24.6 Å². The van der Waals surface area contributed by atoms with Crippen LogP contribution in [0.5, 0.6) is 0 Å². The summed E-state index contributed by atoms with van der Waals surface area (Å²) in [5.41, 5.74) is 2.42. The summed E-state index contributed by atoms with van der Waals surface area (Å²) in [5, 5.41) is 11.5. The number of carboxylic acids is 1. The van der Waals surface area contributed by atoms with Gasteiger partial charge >= 0.3 is 5.97 Å². The summed E-state index contributed by atoms with van der Waals surface area (Å²) in [5.74, 6) is -2.07. The number of rotatable bonds is 3. The third-order valence-corrected chi connectivity index (χ3v) is 3.44. The van der Waals surface area contributed by atoms with Gasteiger partial charge in [-0.1, -0.05) is 0 Å². The number of amides is 1. The van der Waals surface area contributed by atoms with E-state index in [4.69, 9.17) is 5.11 Å². The average Bonchev–Trinajstić information content (AvgIpc) is 3.10. The highest BCUT2D eigenvalue weighted by Gasteiger charge is 2.48. The number of aromatic nitrogens is 2. The van der Waals surface area contributed by atoms with Crippen molar-refractivity contribution >= 4 is 28.6 Å². The third-order valence-electron chi connectivity index (χ3n) is 3.44. The normalized spacial score (nSPS) is 21.3. The van der Waals surface area contributed by atoms with Crippen LogP contribution in [0.3, 0.4) is 0 Å². The van der Waals surface area contributed by atoms with Crippen molar-refractivity contribution in [3.63, 3.8) is 0 Å². The topological polar surface area (TPSA) is 84.2 Å². The number of fused-ring (bicyclic) bond motifs is 1. The molecule has 0 aliphatic heterocycles. The van der Waals surface area contributed by atoms with Gasteiger partial charge in [-0.2, -0.15) is 0 Å². The van der Waals surface area contributed by atoms with Gasteiger partial charge in [0.25, 0.3) is 0 Å². The van der Waals surface area contributed by atoms with Crippen molar-refractivity contribution in [1.82, 2.24) is 9.55 Å². The van der Waals surface area contributed by atoms with Crippen LogP contribution in [0.1, 0.15) is 6.42 Å². The van der Waals surface area contributed by atoms with Gasteiger partial charge < -0.3 is 15.0 Å². The van der Waals surface area contributed by atoms with E-state index in [2.05, 4.69) is 10.3 Å². The number of benzene rings is 1. The Morgan fingerprint density at radius 1 is 1.42 bits per heavy atom. The molecule has 2 unspecified atom stereocenters. The molecule has 2 N–H and O–H groups in total. The Balaban J connectivity index is 1.75. The van der Waals surface area contributed by atoms with Crippen molar-refractivity contribution in [2.75, 3.05) is 5.32 Å². The number of nitrogens with zero attached hydrogens (tertiary/aromatic N) is 2. The molecule has 2 aromatic rings. The maximum atomic E-state index is 11.8. The monoisotopic (exact) mass is 259 g/mol. The van der Waals surface area contributed by atoms with Gasteiger partial charge in [0, 0.05) is 12.7 Å². The zero-order valence-electron chi connectivity index (χ0n) is 10.3. The van der Waals surface area contributed by atoms with Crippen LogP contribution >= 0.6 is 0 Å². The number of anilines is 1. The van der Waals surface area contributed by atoms with Crippen molar-refractivity contribution in [3.8, 4) is 0 Å². The van der Waals surface area contributed by atoms with Crippen LogP contribution in [0.15, 0.2) is 24.5 Å². The molecule has 1 aromatic carbocycles. The van der Waals surface area contributed by atoms with Crippen molar-refractivity contribution in [2.24, 2.45) is 18.9 Å². The molecule has 0 bridgehead atoms. The van der Waals surface area contributed by atoms with E-state index in [1.165, 1.54) is 0 Å². The molecule has 0 saturated heterocycles. The Hall–Kier alpha value is -2.37. The quantitative estimate of drug-likeness (QED) is 0.868. The van der Waals surface area contributed by atoms with Crippen molar-refractivity contribution in [2.45, 2.75) is 6.42 Å². The predicted octanol–water partition coefficient (Wildman–Crippen LogP) is 1.23. The maximum Gasteiger partial charge on any atom is 0.307 e. The van der Waals surface area contributed by atoms with Crippen LogP contribution in [0.4, 0.5) is 5.69 Å². The first kappa shape index (κ1) is 11.7. The molecule has 1 aliphatic carbocycles. The summed E-state index contributed by atoms with van der Waals surface area (Å²) < 4.78 is 1.89. The molecule has 0 radical (unpaired) electrons. The van der Waals surface area contributed by atoms with Crippen LogP contribution < -0.4 is 5.32 Å². The second-order valence-corrected chi connectivity index (χ2v) is 4.84. The van der Waals surface area contributed by atoms with Crippen molar-refractivity contribution in [3.05, 3.63) is 24.5 Å². The minimum absolute atomic E-state index is 0.234. The van der Waals surface area contributed by atoms with E-state index in [1.807, 2.05) is 17.7 Å². The minimum atomic E-state index is -0.902. The van der Waals surface area contributed by atoms with Gasteiger partial charge in [0.15, 0.2) is 0 Å². The number of carbonyl (C=O) groups is 2. The second-order valence-electron chi connectivity index (χ2n) is 4.84. The van der Waals surface area contributed by atoms with Gasteiger partial charge in [-0.3, -0.25) is 9.59 Å². The summed E-state index contributed by atoms with van der Waals surface area (Å²) in [6.07, 6.45) is 2.13. The fraction of sp³-hybridized carbons (Fsp3) is 0.308. The molecular formula is C13H13N3O3. The van der Waals surface area contributed by atoms with E-state index in [-0.39, 0.29) is 5.91 Å². The lowest BCUT2D eigenvalue weighted by molar-refractivity contribution is -0.139. The SMILES string of the molecule is Cn1cnc2cc(NC(=O)C3CC3C(=O)O)ccc21. The number of aryl methyl sites for hydroxylation is 1. The Kier molecular flexibility index (Phi) is 2.51. The molecule has 0 spiro atoms. The number of hydrogen-bond donors (Lipinski definition) is 2. The molecule has 19 heavy (non-hydrogen) atoms. The van der Waals surface area contributed by atoms with Gasteiger partial charge in [0.2, 0.25) is 5.91 Å². The number of nitrogens with one attached hydrogen (secondary N) is 1. The fourth-order valence-corrected chi connectivity index (χ4v) is 2.21. The Morgan fingerprint density at radius 3 is 2.89 bits per heavy atom. The lowest BCUT2D eigenvalue weighted by Crippen LogP contribution is -2.16. The molecule has 1 aliphatic rings. The number of carbonyl (C=O) groups excluding carboxylic acids is 1. The van der Waals surface area contributed by atoms with Crippen LogP contribution in [0, 0.1) is 11.8 Å². The highest BCUT2D eigenvalue weighted by molar-refractivity contribution is 5.99. The Bertz CT molecular complexity index is 677. The summed E-state index contributed by atoms with van der Waals surface area (Å²) in [6.45, 7) is 0. The van der Waals surface area contributed by atoms with E-state index in [0.29, 0.717) is 12.1 Å². The molecule has 6 nitrogen and oxygen atoms in total. The molecule has 6 heteroatoms. The van der Waals surface area contributed by atoms with E-state index >= 15 is 0 Å². The Labute approximate surface area is 109 Å². The Morgan fingerprint density at radius 2 is 2.21 bits per heavy atom. The largest absolute Gasteiger partial charge is 0.481 e. The second kappa shape index (κ2) is 4.08. The summed E-state index contributed by atoms with van der Waals surface area (Å²) in [4.78, 5) is 26.8. The van der Waals surface area contributed by atoms with Gasteiger partial charge in [0.1, 0.15) is 0 Å². The van der Waals surface area contributed by atoms with Crippen molar-refractivity contribution in [1.29, 1.82) is 0 Å². The van der Waals surface area contributed by atoms with E-state index in [1.54, 1.807) is 18.5 Å². The van der Waals surface area contributed by atoms with E-state index in [0.717, 1.165) is 11.0 Å². The smallest absolute Gasteiger partial charge is 0.307 e. The van der Waals surface area contributed by atoms with Crippen molar-refractivity contribution < 1.29 is 14.7 Å². The first-order valence-electron chi connectivity index (χ1n) is 6.01. The number of carboxylic acid groups (broad SMARTS) is 1.